The van der Waals surface area contributed by atoms with Gasteiger partial charge in [-0.3, -0.25) is 10.1 Å². The molecule has 17 heavy (non-hydrogen) atoms. The number of hydrogen-bond acceptors (Lipinski definition) is 6. The molecule has 0 radical (unpaired) electrons. The van der Waals surface area contributed by atoms with Gasteiger partial charge in [-0.1, -0.05) is 0 Å². The SMILES string of the molecule is CCN(CCO)c1sc([C@H](C)O)cc1[N+](=O)[O-]. The highest BCUT2D eigenvalue weighted by Crippen LogP contribution is 2.39. The maximum atomic E-state index is 10.9. The van der Waals surface area contributed by atoms with Gasteiger partial charge < -0.3 is 15.1 Å². The first-order valence-corrected chi connectivity index (χ1v) is 6.14. The maximum Gasteiger partial charge on any atom is 0.304 e. The molecule has 0 saturated carbocycles. The first kappa shape index (κ1) is 13.9. The van der Waals surface area contributed by atoms with Crippen LogP contribution in [0, 0.1) is 10.1 Å². The second kappa shape index (κ2) is 5.95. The van der Waals surface area contributed by atoms with Gasteiger partial charge in [0.25, 0.3) is 0 Å². The Morgan fingerprint density at radius 1 is 1.65 bits per heavy atom. The number of hydrogen-bond donors (Lipinski definition) is 2. The van der Waals surface area contributed by atoms with Gasteiger partial charge in [-0.25, -0.2) is 0 Å². The number of likely N-dealkylation sites (N-methyl/N-ethyl adjacent to an activating group) is 1. The largest absolute Gasteiger partial charge is 0.395 e. The quantitative estimate of drug-likeness (QED) is 0.598. The van der Waals surface area contributed by atoms with Crippen molar-refractivity contribution in [3.63, 3.8) is 0 Å². The predicted molar refractivity (Wildman–Crippen MR) is 66.6 cm³/mol. The highest BCUT2D eigenvalue weighted by molar-refractivity contribution is 7.16. The second-order valence-corrected chi connectivity index (χ2v) is 4.64. The lowest BCUT2D eigenvalue weighted by molar-refractivity contribution is -0.383. The lowest BCUT2D eigenvalue weighted by Gasteiger charge is -2.18. The summed E-state index contributed by atoms with van der Waals surface area (Å²) < 4.78 is 0. The molecule has 0 aliphatic carbocycles. The number of rotatable bonds is 6. The van der Waals surface area contributed by atoms with E-state index in [0.717, 1.165) is 0 Å². The van der Waals surface area contributed by atoms with E-state index >= 15 is 0 Å². The number of nitro groups is 1. The highest BCUT2D eigenvalue weighted by Gasteiger charge is 2.24. The van der Waals surface area contributed by atoms with E-state index in [4.69, 9.17) is 5.11 Å². The summed E-state index contributed by atoms with van der Waals surface area (Å²) in [7, 11) is 0. The van der Waals surface area contributed by atoms with Crippen LogP contribution in [0.4, 0.5) is 10.7 Å². The van der Waals surface area contributed by atoms with E-state index in [-0.39, 0.29) is 12.3 Å². The van der Waals surface area contributed by atoms with Crippen LogP contribution >= 0.6 is 11.3 Å². The summed E-state index contributed by atoms with van der Waals surface area (Å²) in [6.45, 7) is 4.29. The van der Waals surface area contributed by atoms with Crippen LogP contribution in [0.1, 0.15) is 24.8 Å². The molecule has 0 bridgehead atoms. The number of aliphatic hydroxyl groups excluding tert-OH is 2. The summed E-state index contributed by atoms with van der Waals surface area (Å²) in [5.74, 6) is 0. The third kappa shape index (κ3) is 3.15. The second-order valence-electron chi connectivity index (χ2n) is 3.58. The molecule has 1 aromatic heterocycles. The zero-order valence-corrected chi connectivity index (χ0v) is 10.6. The van der Waals surface area contributed by atoms with Crippen LogP contribution < -0.4 is 4.90 Å². The molecule has 1 atom stereocenters. The average molecular weight is 260 g/mol. The van der Waals surface area contributed by atoms with Gasteiger partial charge >= 0.3 is 5.69 Å². The summed E-state index contributed by atoms with van der Waals surface area (Å²) in [5, 5.41) is 29.8. The van der Waals surface area contributed by atoms with E-state index < -0.39 is 11.0 Å². The van der Waals surface area contributed by atoms with E-state index in [9.17, 15) is 15.2 Å². The minimum absolute atomic E-state index is 0.0128. The van der Waals surface area contributed by atoms with E-state index in [1.54, 1.807) is 11.8 Å². The summed E-state index contributed by atoms with van der Waals surface area (Å²) in [6.07, 6.45) is -0.722. The molecule has 1 heterocycles. The van der Waals surface area contributed by atoms with Crippen LogP contribution in [0.3, 0.4) is 0 Å². The Bertz CT molecular complexity index is 392. The van der Waals surface area contributed by atoms with Crippen molar-refractivity contribution in [1.82, 2.24) is 0 Å². The van der Waals surface area contributed by atoms with Gasteiger partial charge in [0.2, 0.25) is 0 Å². The molecular formula is C10H16N2O4S. The topological polar surface area (TPSA) is 86.8 Å². The minimum atomic E-state index is -0.722. The Morgan fingerprint density at radius 3 is 2.71 bits per heavy atom. The van der Waals surface area contributed by atoms with Gasteiger partial charge in [-0.15, -0.1) is 11.3 Å². The molecule has 0 amide bonds. The van der Waals surface area contributed by atoms with Crippen molar-refractivity contribution in [1.29, 1.82) is 0 Å². The first-order chi connectivity index (χ1) is 8.01. The van der Waals surface area contributed by atoms with Crippen molar-refractivity contribution in [2.45, 2.75) is 20.0 Å². The molecule has 7 heteroatoms. The van der Waals surface area contributed by atoms with Gasteiger partial charge in [0.15, 0.2) is 5.00 Å². The van der Waals surface area contributed by atoms with Crippen molar-refractivity contribution in [2.24, 2.45) is 0 Å². The zero-order chi connectivity index (χ0) is 13.0. The summed E-state index contributed by atoms with van der Waals surface area (Å²) in [6, 6.07) is 1.39. The monoisotopic (exact) mass is 260 g/mol. The van der Waals surface area contributed by atoms with E-state index in [0.29, 0.717) is 23.0 Å². The fourth-order valence-corrected chi connectivity index (χ4v) is 2.63. The Balaban J connectivity index is 3.14. The van der Waals surface area contributed by atoms with Crippen molar-refractivity contribution in [3.05, 3.63) is 21.1 Å². The smallest absolute Gasteiger partial charge is 0.304 e. The van der Waals surface area contributed by atoms with Gasteiger partial charge in [0, 0.05) is 24.0 Å². The zero-order valence-electron chi connectivity index (χ0n) is 9.79. The standard InChI is InChI=1S/C10H16N2O4S/c1-3-11(4-5-13)10-8(12(15)16)6-9(17-10)7(2)14/h6-7,13-14H,3-5H2,1-2H3/t7-/m0/s1. The van der Waals surface area contributed by atoms with Crippen molar-refractivity contribution in [3.8, 4) is 0 Å². The molecule has 1 rings (SSSR count). The Labute approximate surface area is 103 Å². The predicted octanol–water partition coefficient (Wildman–Crippen LogP) is 1.53. The molecular weight excluding hydrogens is 244 g/mol. The molecule has 2 N–H and O–H groups in total. The minimum Gasteiger partial charge on any atom is -0.395 e. The maximum absolute atomic E-state index is 10.9. The third-order valence-electron chi connectivity index (χ3n) is 2.36. The molecule has 6 nitrogen and oxygen atoms in total. The third-order valence-corrected chi connectivity index (χ3v) is 3.72. The number of anilines is 1. The van der Waals surface area contributed by atoms with Gasteiger partial charge in [-0.2, -0.15) is 0 Å². The molecule has 0 aliphatic rings. The van der Waals surface area contributed by atoms with Gasteiger partial charge in [0.05, 0.1) is 17.6 Å². The van der Waals surface area contributed by atoms with Crippen LogP contribution in [0.15, 0.2) is 6.07 Å². The Morgan fingerprint density at radius 2 is 2.29 bits per heavy atom. The molecule has 0 aromatic carbocycles. The average Bonchev–Trinajstić information content (AvgIpc) is 2.70. The Hall–Kier alpha value is -1.18. The Kier molecular flexibility index (Phi) is 4.86. The highest BCUT2D eigenvalue weighted by atomic mass is 32.1. The number of aliphatic hydroxyl groups is 2. The van der Waals surface area contributed by atoms with Crippen molar-refractivity contribution in [2.75, 3.05) is 24.6 Å². The lowest BCUT2D eigenvalue weighted by Crippen LogP contribution is -2.25. The first-order valence-electron chi connectivity index (χ1n) is 5.33. The molecule has 0 spiro atoms. The number of nitrogens with zero attached hydrogens (tertiary/aromatic N) is 2. The van der Waals surface area contributed by atoms with E-state index in [1.807, 2.05) is 6.92 Å². The molecule has 1 aromatic rings. The van der Waals surface area contributed by atoms with Gasteiger partial charge in [-0.05, 0) is 13.8 Å². The van der Waals surface area contributed by atoms with Crippen LogP contribution in [-0.2, 0) is 0 Å². The summed E-state index contributed by atoms with van der Waals surface area (Å²) >= 11 is 1.19. The van der Waals surface area contributed by atoms with Crippen molar-refractivity contribution < 1.29 is 15.1 Å². The van der Waals surface area contributed by atoms with E-state index in [2.05, 4.69) is 0 Å². The summed E-state index contributed by atoms with van der Waals surface area (Å²) in [4.78, 5) is 12.8. The fraction of sp³-hybridized carbons (Fsp3) is 0.600. The normalized spacial score (nSPS) is 12.5. The van der Waals surface area contributed by atoms with Crippen LogP contribution in [-0.4, -0.2) is 34.8 Å². The fourth-order valence-electron chi connectivity index (χ4n) is 1.48. The summed E-state index contributed by atoms with van der Waals surface area (Å²) in [5.41, 5.74) is -0.0128. The van der Waals surface area contributed by atoms with Gasteiger partial charge in [0.1, 0.15) is 0 Å². The number of thiophene rings is 1. The van der Waals surface area contributed by atoms with Crippen LogP contribution in [0.2, 0.25) is 0 Å². The van der Waals surface area contributed by atoms with Crippen molar-refractivity contribution >= 4 is 22.0 Å². The molecule has 96 valence electrons. The van der Waals surface area contributed by atoms with E-state index in [1.165, 1.54) is 17.4 Å². The molecule has 0 saturated heterocycles. The molecule has 0 fully saturated rings. The molecule has 0 unspecified atom stereocenters. The lowest BCUT2D eigenvalue weighted by atomic mass is 10.3. The van der Waals surface area contributed by atoms with Crippen LogP contribution in [0.25, 0.3) is 0 Å². The molecule has 0 aliphatic heterocycles. The van der Waals surface area contributed by atoms with Crippen LogP contribution in [0.5, 0.6) is 0 Å².